The van der Waals surface area contributed by atoms with Gasteiger partial charge in [0.25, 0.3) is 11.8 Å². The summed E-state index contributed by atoms with van der Waals surface area (Å²) < 4.78 is 21.6. The molecule has 0 saturated heterocycles. The average molecular weight is 589 g/mol. The number of ether oxygens (including phenoxy) is 1. The van der Waals surface area contributed by atoms with Gasteiger partial charge >= 0.3 is 5.13 Å². The van der Waals surface area contributed by atoms with Crippen LogP contribution < -0.4 is 15.4 Å². The van der Waals surface area contributed by atoms with Crippen LogP contribution in [0.3, 0.4) is 0 Å². The first-order valence-corrected chi connectivity index (χ1v) is 14.7. The second-order valence-electron chi connectivity index (χ2n) is 12.5. The molecule has 2 N–H and O–H groups in total. The summed E-state index contributed by atoms with van der Waals surface area (Å²) in [5.74, 6) is -2.26. The summed E-state index contributed by atoms with van der Waals surface area (Å²) in [7, 11) is 0. The van der Waals surface area contributed by atoms with Crippen molar-refractivity contribution in [1.29, 1.82) is 0 Å². The smallest absolute Gasteiger partial charge is 0.319 e. The first-order chi connectivity index (χ1) is 18.9. The fourth-order valence-corrected chi connectivity index (χ4v) is 4.52. The molecule has 0 bridgehead atoms. The average Bonchev–Trinajstić information content (AvgIpc) is 2.94. The Morgan fingerprint density at radius 2 is 1.49 bits per heavy atom. The number of Topliss-reactive ketones (excluding diaryl/α,β-unsaturated/α-hetero) is 1. The van der Waals surface area contributed by atoms with Crippen molar-refractivity contribution in [3.05, 3.63) is 59.7 Å². The van der Waals surface area contributed by atoms with Crippen LogP contribution in [-0.2, 0) is 25.2 Å². The van der Waals surface area contributed by atoms with Crippen molar-refractivity contribution in [2.75, 3.05) is 11.9 Å². The number of nitrogens with one attached hydrogen (secondary N) is 2. The molecule has 0 saturated carbocycles. The quantitative estimate of drug-likeness (QED) is 0.177. The Balaban J connectivity index is 2.19. The highest BCUT2D eigenvalue weighted by molar-refractivity contribution is 6.47. The van der Waals surface area contributed by atoms with Gasteiger partial charge in [0, 0.05) is 23.2 Å². The van der Waals surface area contributed by atoms with Crippen LogP contribution in [0.1, 0.15) is 92.7 Å². The Labute approximate surface area is 249 Å². The zero-order chi connectivity index (χ0) is 31.2. The highest BCUT2D eigenvalue weighted by Crippen LogP contribution is 2.39. The number of anilines is 1. The number of ketones is 1. The summed E-state index contributed by atoms with van der Waals surface area (Å²) in [5, 5.41) is 1.71. The molecule has 0 aromatic heterocycles. The van der Waals surface area contributed by atoms with Gasteiger partial charge in [-0.1, -0.05) is 104 Å². The SMILES string of the molecule is CCC(Oc1ccc(C(C)(C)CC)cc1C(C)(C)CC)C(=O)NCC(C)(C)C(=O)C(F)(Cl)C(=O)Nc1ccccc1. The van der Waals surface area contributed by atoms with E-state index >= 15 is 4.39 Å². The lowest BCUT2D eigenvalue weighted by Gasteiger charge is -2.32. The minimum absolute atomic E-state index is 0.0111. The highest BCUT2D eigenvalue weighted by atomic mass is 35.5. The van der Waals surface area contributed by atoms with E-state index in [-0.39, 0.29) is 17.4 Å². The minimum Gasteiger partial charge on any atom is -0.480 e. The van der Waals surface area contributed by atoms with E-state index in [1.165, 1.54) is 19.4 Å². The number of carbonyl (C=O) groups excluding carboxylic acids is 3. The van der Waals surface area contributed by atoms with Gasteiger partial charge < -0.3 is 15.4 Å². The van der Waals surface area contributed by atoms with Gasteiger partial charge in [0.15, 0.2) is 6.10 Å². The summed E-state index contributed by atoms with van der Waals surface area (Å²) >= 11 is 5.85. The van der Waals surface area contributed by atoms with Crippen molar-refractivity contribution in [3.63, 3.8) is 0 Å². The van der Waals surface area contributed by atoms with Gasteiger partial charge in [-0.15, -0.1) is 0 Å². The fraction of sp³-hybridized carbons (Fsp3) is 0.545. The van der Waals surface area contributed by atoms with Crippen molar-refractivity contribution >= 4 is 34.9 Å². The van der Waals surface area contributed by atoms with Crippen molar-refractivity contribution in [2.24, 2.45) is 5.41 Å². The van der Waals surface area contributed by atoms with E-state index < -0.39 is 34.2 Å². The van der Waals surface area contributed by atoms with Gasteiger partial charge in [-0.25, -0.2) is 4.39 Å². The highest BCUT2D eigenvalue weighted by Gasteiger charge is 2.51. The molecule has 0 fully saturated rings. The van der Waals surface area contributed by atoms with Crippen LogP contribution in [0.25, 0.3) is 0 Å². The predicted octanol–water partition coefficient (Wildman–Crippen LogP) is 7.47. The van der Waals surface area contributed by atoms with Crippen LogP contribution in [0.2, 0.25) is 0 Å². The maximum atomic E-state index is 15.3. The molecule has 41 heavy (non-hydrogen) atoms. The van der Waals surface area contributed by atoms with E-state index in [2.05, 4.69) is 58.2 Å². The monoisotopic (exact) mass is 588 g/mol. The van der Waals surface area contributed by atoms with E-state index in [1.54, 1.807) is 30.3 Å². The summed E-state index contributed by atoms with van der Waals surface area (Å²) in [4.78, 5) is 38.8. The van der Waals surface area contributed by atoms with Gasteiger partial charge in [-0.05, 0) is 53.9 Å². The van der Waals surface area contributed by atoms with Crippen LogP contribution in [0.15, 0.2) is 48.5 Å². The molecule has 0 spiro atoms. The molecule has 2 unspecified atom stereocenters. The van der Waals surface area contributed by atoms with Crippen molar-refractivity contribution < 1.29 is 23.5 Å². The lowest BCUT2D eigenvalue weighted by Crippen LogP contribution is -2.52. The normalized spacial score (nSPS) is 14.5. The minimum atomic E-state index is -3.32. The fourth-order valence-electron chi connectivity index (χ4n) is 4.21. The van der Waals surface area contributed by atoms with E-state index in [1.807, 2.05) is 19.1 Å². The molecule has 2 rings (SSSR count). The molecule has 0 heterocycles. The number of rotatable bonds is 14. The van der Waals surface area contributed by atoms with E-state index in [4.69, 9.17) is 16.3 Å². The van der Waals surface area contributed by atoms with Crippen molar-refractivity contribution in [1.82, 2.24) is 5.32 Å². The molecule has 0 aliphatic carbocycles. The second-order valence-corrected chi connectivity index (χ2v) is 13.0. The van der Waals surface area contributed by atoms with Crippen LogP contribution in [0.4, 0.5) is 10.1 Å². The third-order valence-electron chi connectivity index (χ3n) is 8.11. The summed E-state index contributed by atoms with van der Waals surface area (Å²) in [5.41, 5.74) is 0.843. The van der Waals surface area contributed by atoms with Crippen LogP contribution in [-0.4, -0.2) is 35.4 Å². The van der Waals surface area contributed by atoms with Gasteiger partial charge in [-0.2, -0.15) is 0 Å². The molecule has 0 aliphatic rings. The molecule has 2 atom stereocenters. The molecule has 2 aromatic rings. The Hall–Kier alpha value is -2.93. The number of benzene rings is 2. The molecular weight excluding hydrogens is 543 g/mol. The Morgan fingerprint density at radius 1 is 0.902 bits per heavy atom. The maximum absolute atomic E-state index is 15.3. The lowest BCUT2D eigenvalue weighted by atomic mass is 9.76. The molecule has 2 amide bonds. The standard InChI is InChI=1S/C33H46ClFN2O4/c1-10-25(41-26-19-18-22(30(4,5)11-2)20-24(26)31(6,7)12-3)27(38)36-21-32(8,9)28(39)33(34,35)29(40)37-23-16-14-13-15-17-23/h13-20,25H,10-12,21H2,1-9H3,(H,36,38)(H,37,40). The molecule has 0 radical (unpaired) electrons. The summed E-state index contributed by atoms with van der Waals surface area (Å²) in [6.45, 7) is 17.4. The van der Waals surface area contributed by atoms with Crippen LogP contribution in [0.5, 0.6) is 5.75 Å². The molecule has 2 aromatic carbocycles. The predicted molar refractivity (Wildman–Crippen MR) is 164 cm³/mol. The number of amides is 2. The number of para-hydroxylation sites is 1. The van der Waals surface area contributed by atoms with Gasteiger partial charge in [0.05, 0.1) is 0 Å². The van der Waals surface area contributed by atoms with Crippen molar-refractivity contribution in [2.45, 2.75) is 104 Å². The maximum Gasteiger partial charge on any atom is 0.319 e. The molecule has 226 valence electrons. The third-order valence-corrected chi connectivity index (χ3v) is 8.45. The Kier molecular flexibility index (Phi) is 11.2. The van der Waals surface area contributed by atoms with E-state index in [0.29, 0.717) is 17.9 Å². The third kappa shape index (κ3) is 8.31. The topological polar surface area (TPSA) is 84.5 Å². The molecular formula is C33H46ClFN2O4. The number of carbonyl (C=O) groups is 3. The summed E-state index contributed by atoms with van der Waals surface area (Å²) in [6.07, 6.45) is 1.38. The Bertz CT molecular complexity index is 1220. The molecule has 6 nitrogen and oxygen atoms in total. The lowest BCUT2D eigenvalue weighted by molar-refractivity contribution is -0.141. The number of alkyl halides is 2. The van der Waals surface area contributed by atoms with E-state index in [0.717, 1.165) is 18.4 Å². The zero-order valence-electron chi connectivity index (χ0n) is 25.9. The number of halogens is 2. The number of hydrogen-bond donors (Lipinski definition) is 2. The second kappa shape index (κ2) is 13.4. The molecule has 8 heteroatoms. The van der Waals surface area contributed by atoms with Gasteiger partial charge in [0.1, 0.15) is 5.75 Å². The Morgan fingerprint density at radius 3 is 2.02 bits per heavy atom. The summed E-state index contributed by atoms with van der Waals surface area (Å²) in [6, 6.07) is 14.3. The van der Waals surface area contributed by atoms with Gasteiger partial charge in [0.2, 0.25) is 5.78 Å². The largest absolute Gasteiger partial charge is 0.480 e. The van der Waals surface area contributed by atoms with Gasteiger partial charge in [-0.3, -0.25) is 14.4 Å². The van der Waals surface area contributed by atoms with E-state index in [9.17, 15) is 14.4 Å². The van der Waals surface area contributed by atoms with Crippen LogP contribution >= 0.6 is 11.6 Å². The zero-order valence-corrected chi connectivity index (χ0v) is 26.7. The first-order valence-electron chi connectivity index (χ1n) is 14.3. The van der Waals surface area contributed by atoms with Crippen molar-refractivity contribution in [3.8, 4) is 5.75 Å². The number of hydrogen-bond acceptors (Lipinski definition) is 4. The molecule has 0 aliphatic heterocycles. The first kappa shape index (κ1) is 34.3. The van der Waals surface area contributed by atoms with Crippen LogP contribution in [0, 0.1) is 5.41 Å².